The van der Waals surface area contributed by atoms with Crippen molar-refractivity contribution in [3.63, 3.8) is 0 Å². The topological polar surface area (TPSA) is 66.5 Å². The summed E-state index contributed by atoms with van der Waals surface area (Å²) in [6.45, 7) is 11.4. The summed E-state index contributed by atoms with van der Waals surface area (Å²) in [5, 5.41) is 2.62. The zero-order valence-electron chi connectivity index (χ0n) is 13.8. The zero-order chi connectivity index (χ0) is 16.6. The van der Waals surface area contributed by atoms with E-state index in [1.807, 2.05) is 20.8 Å². The summed E-state index contributed by atoms with van der Waals surface area (Å²) in [7, 11) is 0. The van der Waals surface area contributed by atoms with E-state index >= 15 is 0 Å². The molecule has 0 aromatic heterocycles. The van der Waals surface area contributed by atoms with Crippen LogP contribution in [0.25, 0.3) is 0 Å². The second-order valence-corrected chi connectivity index (χ2v) is 4.28. The molecule has 3 amide bonds. The molecule has 0 spiro atoms. The Morgan fingerprint density at radius 1 is 1.19 bits per heavy atom. The van der Waals surface area contributed by atoms with Crippen LogP contribution < -0.4 is 5.32 Å². The average molecular weight is 294 g/mol. The molecule has 1 N–H and O–H groups in total. The summed E-state index contributed by atoms with van der Waals surface area (Å²) >= 11 is 0. The van der Waals surface area contributed by atoms with E-state index in [0.717, 1.165) is 4.90 Å². The number of rotatable bonds is 4. The van der Waals surface area contributed by atoms with Gasteiger partial charge in [0.1, 0.15) is 6.04 Å². The average Bonchev–Trinajstić information content (AvgIpc) is 2.72. The number of nitrogens with one attached hydrogen (secondary N) is 1. The van der Waals surface area contributed by atoms with Crippen LogP contribution in [0.3, 0.4) is 0 Å². The predicted octanol–water partition coefficient (Wildman–Crippen LogP) is 2.19. The molecule has 118 valence electrons. The minimum absolute atomic E-state index is 0.322. The second kappa shape index (κ2) is 9.10. The number of nitrogens with zero attached hydrogens (tertiary/aromatic N) is 1. The van der Waals surface area contributed by atoms with Crippen LogP contribution in [-0.2, 0) is 14.4 Å². The van der Waals surface area contributed by atoms with Crippen LogP contribution in [0.15, 0.2) is 23.3 Å². The Hall–Kier alpha value is -1.91. The van der Waals surface area contributed by atoms with Crippen LogP contribution >= 0.6 is 0 Å². The molecule has 1 rings (SSSR count). The van der Waals surface area contributed by atoms with Crippen molar-refractivity contribution in [3.05, 3.63) is 23.3 Å². The highest BCUT2D eigenvalue weighted by Crippen LogP contribution is 2.27. The predicted molar refractivity (Wildman–Crippen MR) is 83.5 cm³/mol. The third-order valence-electron chi connectivity index (χ3n) is 3.00. The minimum atomic E-state index is -0.794. The molecule has 0 aliphatic carbocycles. The number of amides is 3. The number of likely N-dealkylation sites (tertiary alicyclic amines) is 1. The van der Waals surface area contributed by atoms with Crippen molar-refractivity contribution in [2.45, 2.75) is 54.0 Å². The Kier molecular flexibility index (Phi) is 8.28. The van der Waals surface area contributed by atoms with Gasteiger partial charge in [-0.2, -0.15) is 0 Å². The first-order valence-electron chi connectivity index (χ1n) is 7.51. The van der Waals surface area contributed by atoms with Gasteiger partial charge in [0.05, 0.1) is 0 Å². The lowest BCUT2D eigenvalue weighted by Crippen LogP contribution is -2.47. The van der Waals surface area contributed by atoms with E-state index in [4.69, 9.17) is 0 Å². The van der Waals surface area contributed by atoms with Crippen molar-refractivity contribution in [1.82, 2.24) is 10.2 Å². The lowest BCUT2D eigenvalue weighted by atomic mass is 10.1. The largest absolute Gasteiger partial charge is 0.355 e. The van der Waals surface area contributed by atoms with Crippen molar-refractivity contribution < 1.29 is 14.4 Å². The number of carbonyl (C=O) groups is 3. The van der Waals surface area contributed by atoms with Gasteiger partial charge >= 0.3 is 0 Å². The van der Waals surface area contributed by atoms with E-state index in [2.05, 4.69) is 5.32 Å². The Labute approximate surface area is 127 Å². The Morgan fingerprint density at radius 3 is 2.14 bits per heavy atom. The van der Waals surface area contributed by atoms with Gasteiger partial charge in [-0.05, 0) is 27.2 Å². The molecular weight excluding hydrogens is 268 g/mol. The molecule has 5 heteroatoms. The van der Waals surface area contributed by atoms with Gasteiger partial charge < -0.3 is 5.32 Å². The fourth-order valence-corrected chi connectivity index (χ4v) is 2.05. The molecule has 1 aliphatic rings. The van der Waals surface area contributed by atoms with Crippen LogP contribution in [0.2, 0.25) is 0 Å². The SMILES string of the molecule is C/C=C1/C(=O)N(C(C)C(=O)NCC)C(=O)/C1=C/CC.CC. The quantitative estimate of drug-likeness (QED) is 0.638. The molecular formula is C16H26N2O3. The monoisotopic (exact) mass is 294 g/mol. The van der Waals surface area contributed by atoms with E-state index in [0.29, 0.717) is 24.1 Å². The first-order chi connectivity index (χ1) is 9.99. The molecule has 21 heavy (non-hydrogen) atoms. The summed E-state index contributed by atoms with van der Waals surface area (Å²) in [4.78, 5) is 37.3. The fourth-order valence-electron chi connectivity index (χ4n) is 2.05. The van der Waals surface area contributed by atoms with Crippen LogP contribution in [-0.4, -0.2) is 35.2 Å². The molecule has 1 fully saturated rings. The minimum Gasteiger partial charge on any atom is -0.355 e. The standard InChI is InChI=1S/C14H20N2O3.C2H6/c1-5-8-11-10(6-2)13(18)16(14(11)19)9(4)12(17)15-7-3;1-2/h6,8-9H,5,7H2,1-4H3,(H,15,17);1-2H3/b10-6+,11-8+;. The maximum Gasteiger partial charge on any atom is 0.261 e. The molecule has 0 aromatic carbocycles. The highest BCUT2D eigenvalue weighted by molar-refractivity contribution is 6.25. The number of likely N-dealkylation sites (N-methyl/N-ethyl adjacent to an activating group) is 1. The molecule has 0 aromatic rings. The molecule has 1 unspecified atom stereocenters. The first-order valence-corrected chi connectivity index (χ1v) is 7.51. The van der Waals surface area contributed by atoms with Gasteiger partial charge in [-0.3, -0.25) is 19.3 Å². The third-order valence-corrected chi connectivity index (χ3v) is 3.00. The first kappa shape index (κ1) is 19.1. The van der Waals surface area contributed by atoms with E-state index in [1.54, 1.807) is 32.9 Å². The number of carbonyl (C=O) groups excluding carboxylic acids is 3. The van der Waals surface area contributed by atoms with E-state index in [-0.39, 0.29) is 5.91 Å². The van der Waals surface area contributed by atoms with Crippen LogP contribution in [0.4, 0.5) is 0 Å². The van der Waals surface area contributed by atoms with Crippen molar-refractivity contribution in [2.24, 2.45) is 0 Å². The number of allylic oxidation sites excluding steroid dienone is 2. The molecule has 5 nitrogen and oxygen atoms in total. The zero-order valence-corrected chi connectivity index (χ0v) is 13.8. The van der Waals surface area contributed by atoms with E-state index < -0.39 is 17.9 Å². The fraction of sp³-hybridized carbons (Fsp3) is 0.562. The summed E-state index contributed by atoms with van der Waals surface area (Å²) < 4.78 is 0. The lowest BCUT2D eigenvalue weighted by Gasteiger charge is -2.20. The highest BCUT2D eigenvalue weighted by Gasteiger charge is 2.42. The summed E-state index contributed by atoms with van der Waals surface area (Å²) in [6, 6.07) is -0.794. The summed E-state index contributed by atoms with van der Waals surface area (Å²) in [5.74, 6) is -1.11. The van der Waals surface area contributed by atoms with Gasteiger partial charge in [0.15, 0.2) is 0 Å². The molecule has 0 bridgehead atoms. The third kappa shape index (κ3) is 4.03. The van der Waals surface area contributed by atoms with Crippen LogP contribution in [0, 0.1) is 0 Å². The van der Waals surface area contributed by atoms with E-state index in [9.17, 15) is 14.4 Å². The van der Waals surface area contributed by atoms with Crippen molar-refractivity contribution in [2.75, 3.05) is 6.54 Å². The second-order valence-electron chi connectivity index (χ2n) is 4.28. The van der Waals surface area contributed by atoms with Gasteiger partial charge in [0.25, 0.3) is 11.8 Å². The normalized spacial score (nSPS) is 19.6. The molecule has 1 aliphatic heterocycles. The van der Waals surface area contributed by atoms with Crippen molar-refractivity contribution >= 4 is 17.7 Å². The Balaban J connectivity index is 0.00000191. The van der Waals surface area contributed by atoms with Crippen LogP contribution in [0.1, 0.15) is 48.0 Å². The van der Waals surface area contributed by atoms with E-state index in [1.165, 1.54) is 0 Å². The van der Waals surface area contributed by atoms with Gasteiger partial charge in [0, 0.05) is 17.7 Å². The highest BCUT2D eigenvalue weighted by atomic mass is 16.2. The van der Waals surface area contributed by atoms with Gasteiger partial charge in [-0.25, -0.2) is 0 Å². The Morgan fingerprint density at radius 2 is 1.71 bits per heavy atom. The maximum absolute atomic E-state index is 12.2. The molecule has 1 saturated heterocycles. The number of imide groups is 1. The molecule has 1 heterocycles. The number of hydrogen-bond acceptors (Lipinski definition) is 3. The summed E-state index contributed by atoms with van der Waals surface area (Å²) in [6.07, 6.45) is 4.00. The smallest absolute Gasteiger partial charge is 0.261 e. The molecule has 1 atom stereocenters. The van der Waals surface area contributed by atoms with Crippen molar-refractivity contribution in [1.29, 1.82) is 0 Å². The lowest BCUT2D eigenvalue weighted by molar-refractivity contribution is -0.144. The van der Waals surface area contributed by atoms with Gasteiger partial charge in [0.2, 0.25) is 5.91 Å². The molecule has 0 saturated carbocycles. The Bertz CT molecular complexity index is 464. The molecule has 0 radical (unpaired) electrons. The number of hydrogen-bond donors (Lipinski definition) is 1. The van der Waals surface area contributed by atoms with Crippen molar-refractivity contribution in [3.8, 4) is 0 Å². The maximum atomic E-state index is 12.2. The van der Waals surface area contributed by atoms with Gasteiger partial charge in [-0.15, -0.1) is 0 Å². The van der Waals surface area contributed by atoms with Gasteiger partial charge in [-0.1, -0.05) is 32.9 Å². The van der Waals surface area contributed by atoms with Crippen LogP contribution in [0.5, 0.6) is 0 Å². The summed E-state index contributed by atoms with van der Waals surface area (Å²) in [5.41, 5.74) is 0.772.